The summed E-state index contributed by atoms with van der Waals surface area (Å²) in [5, 5.41) is 8.73. The molecule has 2 aromatic heterocycles. The van der Waals surface area contributed by atoms with E-state index in [2.05, 4.69) is 15.2 Å². The Morgan fingerprint density at radius 3 is 2.58 bits per heavy atom. The monoisotopic (exact) mass is 253 g/mol. The topological polar surface area (TPSA) is 48.5 Å². The van der Waals surface area contributed by atoms with Crippen molar-refractivity contribution in [3.63, 3.8) is 0 Å². The van der Waals surface area contributed by atoms with Crippen LogP contribution >= 0.6 is 0 Å². The second kappa shape index (κ2) is 4.68. The minimum absolute atomic E-state index is 0.694. The Labute approximate surface area is 111 Å². The van der Waals surface area contributed by atoms with Crippen molar-refractivity contribution in [1.82, 2.24) is 24.5 Å². The van der Waals surface area contributed by atoms with Crippen LogP contribution in [-0.2, 0) is 6.54 Å². The summed E-state index contributed by atoms with van der Waals surface area (Å²) in [7, 11) is 0. The Balaban J connectivity index is 1.84. The summed E-state index contributed by atoms with van der Waals surface area (Å²) in [6.07, 6.45) is 3.88. The first-order valence-electron chi connectivity index (χ1n) is 6.19. The first-order chi connectivity index (χ1) is 9.22. The summed E-state index contributed by atoms with van der Waals surface area (Å²) in [6.45, 7) is 4.55. The lowest BCUT2D eigenvalue weighted by Crippen LogP contribution is -2.03. The van der Waals surface area contributed by atoms with Crippen molar-refractivity contribution in [2.45, 2.75) is 20.4 Å². The molecule has 0 unspecified atom stereocenters. The molecule has 0 bridgehead atoms. The summed E-state index contributed by atoms with van der Waals surface area (Å²) in [6, 6.07) is 10.1. The smallest absolute Gasteiger partial charge is 0.147 e. The third kappa shape index (κ3) is 2.40. The van der Waals surface area contributed by atoms with Crippen molar-refractivity contribution in [3.8, 4) is 5.69 Å². The van der Waals surface area contributed by atoms with Crippen molar-refractivity contribution >= 4 is 0 Å². The zero-order valence-corrected chi connectivity index (χ0v) is 11.0. The van der Waals surface area contributed by atoms with E-state index in [1.165, 1.54) is 0 Å². The fourth-order valence-electron chi connectivity index (χ4n) is 2.05. The zero-order chi connectivity index (χ0) is 13.2. The molecule has 0 aliphatic rings. The number of nitrogens with zero attached hydrogens (tertiary/aromatic N) is 5. The highest BCUT2D eigenvalue weighted by molar-refractivity contribution is 5.30. The summed E-state index contributed by atoms with van der Waals surface area (Å²) in [5.74, 6) is 1.72. The standard InChI is InChI=1S/C14H15N5/c1-11-16-12(2)18(17-11)9-13-8-15-19(10-13)14-6-4-3-5-7-14/h3-8,10H,9H2,1-2H3. The molecule has 0 amide bonds. The average molecular weight is 253 g/mol. The number of para-hydroxylation sites is 1. The summed E-state index contributed by atoms with van der Waals surface area (Å²) >= 11 is 0. The number of benzene rings is 1. The molecule has 0 radical (unpaired) electrons. The van der Waals surface area contributed by atoms with Gasteiger partial charge in [0.2, 0.25) is 0 Å². The number of aromatic nitrogens is 5. The van der Waals surface area contributed by atoms with Gasteiger partial charge in [0.15, 0.2) is 0 Å². The van der Waals surface area contributed by atoms with E-state index >= 15 is 0 Å². The van der Waals surface area contributed by atoms with Crippen LogP contribution in [0, 0.1) is 13.8 Å². The lowest BCUT2D eigenvalue weighted by Gasteiger charge is -2.00. The van der Waals surface area contributed by atoms with Crippen LogP contribution in [-0.4, -0.2) is 24.5 Å². The Morgan fingerprint density at radius 1 is 1.11 bits per heavy atom. The molecule has 5 heteroatoms. The molecular weight excluding hydrogens is 238 g/mol. The third-order valence-corrected chi connectivity index (χ3v) is 2.95. The molecule has 96 valence electrons. The van der Waals surface area contributed by atoms with Gasteiger partial charge in [-0.2, -0.15) is 10.2 Å². The van der Waals surface area contributed by atoms with E-state index in [1.54, 1.807) is 0 Å². The molecule has 0 fully saturated rings. The molecule has 19 heavy (non-hydrogen) atoms. The van der Waals surface area contributed by atoms with E-state index in [-0.39, 0.29) is 0 Å². The van der Waals surface area contributed by atoms with Gasteiger partial charge in [-0.15, -0.1) is 0 Å². The maximum absolute atomic E-state index is 4.37. The first-order valence-corrected chi connectivity index (χ1v) is 6.19. The van der Waals surface area contributed by atoms with Crippen molar-refractivity contribution < 1.29 is 0 Å². The Bertz CT molecular complexity index is 681. The molecule has 0 saturated heterocycles. The quantitative estimate of drug-likeness (QED) is 0.718. The van der Waals surface area contributed by atoms with E-state index in [9.17, 15) is 0 Å². The molecule has 0 saturated carbocycles. The van der Waals surface area contributed by atoms with Crippen LogP contribution in [0.2, 0.25) is 0 Å². The minimum atomic E-state index is 0.694. The normalized spacial score (nSPS) is 10.8. The molecule has 3 rings (SSSR count). The maximum Gasteiger partial charge on any atom is 0.147 e. The van der Waals surface area contributed by atoms with Gasteiger partial charge in [-0.1, -0.05) is 18.2 Å². The van der Waals surface area contributed by atoms with E-state index < -0.39 is 0 Å². The van der Waals surface area contributed by atoms with Gasteiger partial charge in [-0.3, -0.25) is 0 Å². The van der Waals surface area contributed by atoms with Crippen LogP contribution in [0.15, 0.2) is 42.7 Å². The van der Waals surface area contributed by atoms with E-state index in [0.29, 0.717) is 6.54 Å². The highest BCUT2D eigenvalue weighted by atomic mass is 15.3. The van der Waals surface area contributed by atoms with Gasteiger partial charge in [-0.05, 0) is 26.0 Å². The van der Waals surface area contributed by atoms with Gasteiger partial charge in [0.05, 0.1) is 18.4 Å². The summed E-state index contributed by atoms with van der Waals surface area (Å²) in [5.41, 5.74) is 2.16. The molecule has 5 nitrogen and oxygen atoms in total. The third-order valence-electron chi connectivity index (χ3n) is 2.95. The van der Waals surface area contributed by atoms with Gasteiger partial charge in [0, 0.05) is 11.8 Å². The Morgan fingerprint density at radius 2 is 1.89 bits per heavy atom. The second-order valence-corrected chi connectivity index (χ2v) is 4.49. The molecule has 0 atom stereocenters. The lowest BCUT2D eigenvalue weighted by molar-refractivity contribution is 0.656. The molecule has 0 aliphatic carbocycles. The predicted molar refractivity (Wildman–Crippen MR) is 72.2 cm³/mol. The van der Waals surface area contributed by atoms with Gasteiger partial charge < -0.3 is 0 Å². The van der Waals surface area contributed by atoms with Crippen molar-refractivity contribution in [1.29, 1.82) is 0 Å². The van der Waals surface area contributed by atoms with Crippen molar-refractivity contribution in [2.24, 2.45) is 0 Å². The van der Waals surface area contributed by atoms with Gasteiger partial charge >= 0.3 is 0 Å². The summed E-state index contributed by atoms with van der Waals surface area (Å²) < 4.78 is 3.76. The maximum atomic E-state index is 4.37. The number of hydrogen-bond donors (Lipinski definition) is 0. The van der Waals surface area contributed by atoms with E-state index in [1.807, 2.05) is 65.9 Å². The first kappa shape index (κ1) is 11.6. The molecule has 1 aromatic carbocycles. The SMILES string of the molecule is Cc1nc(C)n(Cc2cnn(-c3ccccc3)c2)n1. The molecule has 0 N–H and O–H groups in total. The van der Waals surface area contributed by atoms with Gasteiger partial charge in [-0.25, -0.2) is 14.3 Å². The van der Waals surface area contributed by atoms with Crippen LogP contribution in [0.4, 0.5) is 0 Å². The Hall–Kier alpha value is -2.43. The highest BCUT2D eigenvalue weighted by Gasteiger charge is 2.05. The zero-order valence-electron chi connectivity index (χ0n) is 11.0. The van der Waals surface area contributed by atoms with Gasteiger partial charge in [0.25, 0.3) is 0 Å². The second-order valence-electron chi connectivity index (χ2n) is 4.49. The van der Waals surface area contributed by atoms with Crippen LogP contribution in [0.3, 0.4) is 0 Å². The fraction of sp³-hybridized carbons (Fsp3) is 0.214. The van der Waals surface area contributed by atoms with Crippen LogP contribution in [0.5, 0.6) is 0 Å². The largest absolute Gasteiger partial charge is 0.246 e. The van der Waals surface area contributed by atoms with E-state index in [0.717, 1.165) is 22.9 Å². The van der Waals surface area contributed by atoms with Crippen LogP contribution in [0.1, 0.15) is 17.2 Å². The van der Waals surface area contributed by atoms with Crippen LogP contribution < -0.4 is 0 Å². The Kier molecular flexibility index (Phi) is 2.87. The molecule has 0 spiro atoms. The molecular formula is C14H15N5. The van der Waals surface area contributed by atoms with Crippen molar-refractivity contribution in [3.05, 3.63) is 59.9 Å². The van der Waals surface area contributed by atoms with Gasteiger partial charge in [0.1, 0.15) is 11.6 Å². The van der Waals surface area contributed by atoms with E-state index in [4.69, 9.17) is 0 Å². The number of aryl methyl sites for hydroxylation is 2. The molecule has 3 aromatic rings. The number of rotatable bonds is 3. The van der Waals surface area contributed by atoms with Crippen molar-refractivity contribution in [2.75, 3.05) is 0 Å². The highest BCUT2D eigenvalue weighted by Crippen LogP contribution is 2.09. The minimum Gasteiger partial charge on any atom is -0.246 e. The fourth-order valence-corrected chi connectivity index (χ4v) is 2.05. The number of hydrogen-bond acceptors (Lipinski definition) is 3. The lowest BCUT2D eigenvalue weighted by atomic mass is 10.3. The van der Waals surface area contributed by atoms with Crippen LogP contribution in [0.25, 0.3) is 5.69 Å². The predicted octanol–water partition coefficient (Wildman–Crippen LogP) is 2.13. The summed E-state index contributed by atoms with van der Waals surface area (Å²) in [4.78, 5) is 4.30. The average Bonchev–Trinajstić information content (AvgIpc) is 2.99. The molecule has 0 aliphatic heterocycles. The molecule has 2 heterocycles.